The van der Waals surface area contributed by atoms with E-state index in [1.807, 2.05) is 19.1 Å². The van der Waals surface area contributed by atoms with Crippen molar-refractivity contribution in [2.75, 3.05) is 0 Å². The lowest BCUT2D eigenvalue weighted by atomic mass is 10.1. The van der Waals surface area contributed by atoms with Crippen LogP contribution in [0.25, 0.3) is 0 Å². The predicted molar refractivity (Wildman–Crippen MR) is 66.9 cm³/mol. The number of nitrogens with one attached hydrogen (secondary N) is 1. The summed E-state index contributed by atoms with van der Waals surface area (Å²) >= 11 is 1.53. The van der Waals surface area contributed by atoms with E-state index in [-0.39, 0.29) is 18.1 Å². The maximum atomic E-state index is 11.8. The number of aliphatic hydroxyl groups is 1. The molecule has 1 aromatic rings. The van der Waals surface area contributed by atoms with E-state index in [1.165, 1.54) is 16.2 Å². The number of hydrogen-bond donors (Lipinski definition) is 2. The Balaban J connectivity index is 2.51. The molecule has 1 aromatic heterocycles. The van der Waals surface area contributed by atoms with Crippen LogP contribution in [0.4, 0.5) is 0 Å². The summed E-state index contributed by atoms with van der Waals surface area (Å²) in [6.45, 7) is 5.70. The molecule has 0 saturated heterocycles. The van der Waals surface area contributed by atoms with Crippen LogP contribution >= 0.6 is 11.3 Å². The normalized spacial score (nSPS) is 14.5. The number of carbonyl (C=O) groups is 1. The average molecular weight is 241 g/mol. The van der Waals surface area contributed by atoms with Crippen LogP contribution in [0, 0.1) is 0 Å². The van der Waals surface area contributed by atoms with Crippen molar-refractivity contribution in [2.24, 2.45) is 0 Å². The molecule has 0 radical (unpaired) electrons. The molecule has 16 heavy (non-hydrogen) atoms. The number of hydrogen-bond acceptors (Lipinski definition) is 3. The van der Waals surface area contributed by atoms with Crippen molar-refractivity contribution in [2.45, 2.75) is 45.8 Å². The van der Waals surface area contributed by atoms with Gasteiger partial charge in [0.1, 0.15) is 0 Å². The summed E-state index contributed by atoms with van der Waals surface area (Å²) in [7, 11) is 0. The van der Waals surface area contributed by atoms with Crippen LogP contribution in [0.2, 0.25) is 0 Å². The summed E-state index contributed by atoms with van der Waals surface area (Å²) in [6, 6.07) is 3.84. The smallest absolute Gasteiger partial charge is 0.261 e. The Morgan fingerprint density at radius 1 is 1.50 bits per heavy atom. The minimum atomic E-state index is -0.384. The second-order valence-electron chi connectivity index (χ2n) is 4.08. The average Bonchev–Trinajstić information content (AvgIpc) is 2.64. The molecule has 1 amide bonds. The van der Waals surface area contributed by atoms with Crippen molar-refractivity contribution in [3.63, 3.8) is 0 Å². The van der Waals surface area contributed by atoms with Gasteiger partial charge in [-0.25, -0.2) is 0 Å². The van der Waals surface area contributed by atoms with Gasteiger partial charge >= 0.3 is 0 Å². The van der Waals surface area contributed by atoms with E-state index < -0.39 is 0 Å². The molecule has 3 nitrogen and oxygen atoms in total. The fourth-order valence-corrected chi connectivity index (χ4v) is 2.41. The van der Waals surface area contributed by atoms with Crippen LogP contribution in [0.3, 0.4) is 0 Å². The third kappa shape index (κ3) is 3.94. The number of thiophene rings is 1. The topological polar surface area (TPSA) is 49.3 Å². The van der Waals surface area contributed by atoms with E-state index in [4.69, 9.17) is 0 Å². The monoisotopic (exact) mass is 241 g/mol. The number of rotatable bonds is 5. The van der Waals surface area contributed by atoms with Crippen molar-refractivity contribution in [1.29, 1.82) is 0 Å². The quantitative estimate of drug-likeness (QED) is 0.830. The molecular weight excluding hydrogens is 222 g/mol. The van der Waals surface area contributed by atoms with E-state index in [9.17, 15) is 9.90 Å². The first-order chi connectivity index (χ1) is 7.52. The van der Waals surface area contributed by atoms with Crippen LogP contribution in [-0.4, -0.2) is 23.2 Å². The maximum absolute atomic E-state index is 11.8. The minimum absolute atomic E-state index is 0.000300. The molecule has 2 unspecified atom stereocenters. The molecule has 1 rings (SSSR count). The molecule has 0 bridgehead atoms. The van der Waals surface area contributed by atoms with Crippen LogP contribution < -0.4 is 5.32 Å². The second-order valence-corrected chi connectivity index (χ2v) is 5.25. The molecule has 0 saturated carbocycles. The fourth-order valence-electron chi connectivity index (χ4n) is 1.56. The molecule has 2 N–H and O–H groups in total. The van der Waals surface area contributed by atoms with Crippen LogP contribution in [0.1, 0.15) is 41.7 Å². The van der Waals surface area contributed by atoms with Crippen molar-refractivity contribution in [3.05, 3.63) is 21.9 Å². The summed E-state index contributed by atoms with van der Waals surface area (Å²) in [4.78, 5) is 13.7. The van der Waals surface area contributed by atoms with Gasteiger partial charge in [-0.05, 0) is 38.8 Å². The second kappa shape index (κ2) is 6.01. The van der Waals surface area contributed by atoms with E-state index >= 15 is 0 Å². The Bertz CT molecular complexity index is 347. The van der Waals surface area contributed by atoms with Gasteiger partial charge in [-0.15, -0.1) is 11.3 Å². The maximum Gasteiger partial charge on any atom is 0.261 e. The van der Waals surface area contributed by atoms with E-state index in [1.54, 1.807) is 6.92 Å². The highest BCUT2D eigenvalue weighted by Crippen LogP contribution is 2.16. The predicted octanol–water partition coefficient (Wildman–Crippen LogP) is 2.20. The lowest BCUT2D eigenvalue weighted by Crippen LogP contribution is -2.34. The molecule has 1 heterocycles. The van der Waals surface area contributed by atoms with Gasteiger partial charge in [-0.1, -0.05) is 6.92 Å². The largest absolute Gasteiger partial charge is 0.393 e. The first kappa shape index (κ1) is 13.2. The van der Waals surface area contributed by atoms with E-state index in [0.717, 1.165) is 11.3 Å². The van der Waals surface area contributed by atoms with Crippen molar-refractivity contribution in [1.82, 2.24) is 5.32 Å². The zero-order valence-corrected chi connectivity index (χ0v) is 10.8. The molecule has 0 aliphatic rings. The Morgan fingerprint density at radius 2 is 2.19 bits per heavy atom. The Kier molecular flexibility index (Phi) is 4.96. The molecule has 4 heteroatoms. The standard InChI is InChI=1S/C12H19NO2S/c1-4-10-5-6-11(16-10)12(15)13-8(2)7-9(3)14/h5-6,8-9,14H,4,7H2,1-3H3,(H,13,15). The van der Waals surface area contributed by atoms with Gasteiger partial charge in [-0.3, -0.25) is 4.79 Å². The van der Waals surface area contributed by atoms with Gasteiger partial charge in [0.05, 0.1) is 11.0 Å². The molecule has 0 spiro atoms. The summed E-state index contributed by atoms with van der Waals surface area (Å²) < 4.78 is 0. The Hall–Kier alpha value is -0.870. The lowest BCUT2D eigenvalue weighted by molar-refractivity contribution is 0.0927. The highest BCUT2D eigenvalue weighted by atomic mass is 32.1. The molecule has 0 aromatic carbocycles. The minimum Gasteiger partial charge on any atom is -0.393 e. The third-order valence-electron chi connectivity index (χ3n) is 2.31. The van der Waals surface area contributed by atoms with Gasteiger partial charge < -0.3 is 10.4 Å². The first-order valence-electron chi connectivity index (χ1n) is 5.60. The zero-order valence-electron chi connectivity index (χ0n) is 9.99. The molecule has 0 aliphatic carbocycles. The number of carbonyl (C=O) groups excluding carboxylic acids is 1. The Morgan fingerprint density at radius 3 is 2.69 bits per heavy atom. The number of amides is 1. The van der Waals surface area contributed by atoms with Gasteiger partial charge in [0.2, 0.25) is 0 Å². The summed E-state index contributed by atoms with van der Waals surface area (Å²) in [6.07, 6.45) is 1.16. The van der Waals surface area contributed by atoms with Crippen LogP contribution in [0.5, 0.6) is 0 Å². The van der Waals surface area contributed by atoms with Gasteiger partial charge in [-0.2, -0.15) is 0 Å². The van der Waals surface area contributed by atoms with Gasteiger partial charge in [0, 0.05) is 10.9 Å². The molecular formula is C12H19NO2S. The highest BCUT2D eigenvalue weighted by molar-refractivity contribution is 7.14. The molecule has 90 valence electrons. The van der Waals surface area contributed by atoms with Crippen LogP contribution in [0.15, 0.2) is 12.1 Å². The van der Waals surface area contributed by atoms with E-state index in [2.05, 4.69) is 12.2 Å². The van der Waals surface area contributed by atoms with E-state index in [0.29, 0.717) is 6.42 Å². The SMILES string of the molecule is CCc1ccc(C(=O)NC(C)CC(C)O)s1. The summed E-state index contributed by atoms with van der Waals surface area (Å²) in [5.41, 5.74) is 0. The third-order valence-corrected chi connectivity index (χ3v) is 3.53. The lowest BCUT2D eigenvalue weighted by Gasteiger charge is -2.14. The summed E-state index contributed by atoms with van der Waals surface area (Å²) in [5, 5.41) is 12.1. The highest BCUT2D eigenvalue weighted by Gasteiger charge is 2.13. The van der Waals surface area contributed by atoms with Crippen LogP contribution in [-0.2, 0) is 6.42 Å². The molecule has 0 aliphatic heterocycles. The number of aliphatic hydroxyl groups excluding tert-OH is 1. The fraction of sp³-hybridized carbons (Fsp3) is 0.583. The summed E-state index contributed by atoms with van der Waals surface area (Å²) in [5.74, 6) is -0.0437. The first-order valence-corrected chi connectivity index (χ1v) is 6.42. The number of aryl methyl sites for hydroxylation is 1. The zero-order chi connectivity index (χ0) is 12.1. The van der Waals surface area contributed by atoms with Crippen molar-refractivity contribution < 1.29 is 9.90 Å². The van der Waals surface area contributed by atoms with Crippen molar-refractivity contribution >= 4 is 17.2 Å². The van der Waals surface area contributed by atoms with Gasteiger partial charge in [0.25, 0.3) is 5.91 Å². The molecule has 2 atom stereocenters. The molecule has 0 fully saturated rings. The van der Waals surface area contributed by atoms with Gasteiger partial charge in [0.15, 0.2) is 0 Å². The van der Waals surface area contributed by atoms with Crippen molar-refractivity contribution in [3.8, 4) is 0 Å². The Labute approximate surface area is 100 Å².